The van der Waals surface area contributed by atoms with Crippen molar-refractivity contribution in [3.63, 3.8) is 0 Å². The van der Waals surface area contributed by atoms with Crippen LogP contribution in [0.3, 0.4) is 0 Å². The SMILES string of the molecule is CNC(=O)[C@H](C(C)C)N(C)C(=O)[C@H](CC(C)C)N(C)C(=O)[C@H](CC(C)C)N(C)C(=O)[C@@H](C)NC(=O)[C@H](C)NC(=O)[C@H](CC(C)C)N(C)C(=O)[C@@H](N)C(C)C. The topological polar surface area (TPSA) is 195 Å². The Kier molecular flexibility index (Phi) is 21.0. The van der Waals surface area contributed by atoms with Crippen molar-refractivity contribution >= 4 is 41.4 Å². The molecule has 0 heterocycles. The molecule has 0 saturated carbocycles. The van der Waals surface area contributed by atoms with Gasteiger partial charge in [-0.25, -0.2) is 0 Å². The van der Waals surface area contributed by atoms with Crippen LogP contribution in [0.25, 0.3) is 0 Å². The lowest BCUT2D eigenvalue weighted by atomic mass is 9.96. The number of amides is 7. The molecule has 0 aromatic carbocycles. The van der Waals surface area contributed by atoms with Gasteiger partial charge in [0.05, 0.1) is 6.04 Å². The quantitative estimate of drug-likeness (QED) is 0.136. The highest BCUT2D eigenvalue weighted by Gasteiger charge is 2.40. The first-order chi connectivity index (χ1) is 24.7. The van der Waals surface area contributed by atoms with Crippen LogP contribution in [0.2, 0.25) is 0 Å². The molecule has 7 amide bonds. The molecule has 7 atom stereocenters. The summed E-state index contributed by atoms with van der Waals surface area (Å²) in [5.74, 6) is -3.45. The molecule has 0 unspecified atom stereocenters. The first kappa shape index (κ1) is 50.2. The Morgan fingerprint density at radius 1 is 0.463 bits per heavy atom. The van der Waals surface area contributed by atoms with E-state index in [0.29, 0.717) is 12.8 Å². The van der Waals surface area contributed by atoms with E-state index in [2.05, 4.69) is 16.0 Å². The maximum absolute atomic E-state index is 14.3. The number of nitrogens with one attached hydrogen (secondary N) is 3. The zero-order valence-corrected chi connectivity index (χ0v) is 36.3. The molecule has 0 fully saturated rings. The molecule has 0 aliphatic heterocycles. The van der Waals surface area contributed by atoms with Crippen LogP contribution in [0.15, 0.2) is 0 Å². The molecule has 312 valence electrons. The Labute approximate surface area is 325 Å². The zero-order valence-electron chi connectivity index (χ0n) is 36.3. The normalized spacial score (nSPS) is 15.5. The highest BCUT2D eigenvalue weighted by atomic mass is 16.2. The van der Waals surface area contributed by atoms with Crippen molar-refractivity contribution in [1.82, 2.24) is 35.6 Å². The van der Waals surface area contributed by atoms with Gasteiger partial charge in [-0.2, -0.15) is 0 Å². The number of carbonyl (C=O) groups excluding carboxylic acids is 7. The van der Waals surface area contributed by atoms with Gasteiger partial charge in [-0.05, 0) is 62.7 Å². The third kappa shape index (κ3) is 14.5. The third-order valence-corrected chi connectivity index (χ3v) is 9.80. The van der Waals surface area contributed by atoms with Gasteiger partial charge >= 0.3 is 0 Å². The van der Waals surface area contributed by atoms with Crippen LogP contribution in [0.1, 0.15) is 102 Å². The van der Waals surface area contributed by atoms with Gasteiger partial charge in [0.25, 0.3) is 0 Å². The fourth-order valence-electron chi connectivity index (χ4n) is 6.37. The second kappa shape index (κ2) is 22.6. The predicted molar refractivity (Wildman–Crippen MR) is 212 cm³/mol. The van der Waals surface area contributed by atoms with E-state index in [1.807, 2.05) is 69.2 Å². The van der Waals surface area contributed by atoms with Gasteiger partial charge in [-0.3, -0.25) is 33.6 Å². The maximum Gasteiger partial charge on any atom is 0.245 e. The summed E-state index contributed by atoms with van der Waals surface area (Å²) in [6.07, 6.45) is 0.964. The molecule has 15 heteroatoms. The monoisotopic (exact) mass is 767 g/mol. The summed E-state index contributed by atoms with van der Waals surface area (Å²) in [5, 5.41) is 7.97. The second-order valence-electron chi connectivity index (χ2n) is 16.8. The minimum absolute atomic E-state index is 0.0119. The zero-order chi connectivity index (χ0) is 42.5. The molecule has 0 saturated heterocycles. The molecular formula is C39H74N8O7. The average molecular weight is 767 g/mol. The fourth-order valence-corrected chi connectivity index (χ4v) is 6.37. The first-order valence-electron chi connectivity index (χ1n) is 19.4. The Balaban J connectivity index is 6.19. The summed E-state index contributed by atoms with van der Waals surface area (Å²) in [6.45, 7) is 21.9. The molecule has 0 bridgehead atoms. The third-order valence-electron chi connectivity index (χ3n) is 9.80. The predicted octanol–water partition coefficient (Wildman–Crippen LogP) is 1.83. The highest BCUT2D eigenvalue weighted by Crippen LogP contribution is 2.22. The molecule has 0 aromatic heterocycles. The van der Waals surface area contributed by atoms with E-state index in [1.165, 1.54) is 54.6 Å². The average Bonchev–Trinajstić information content (AvgIpc) is 3.08. The molecule has 54 heavy (non-hydrogen) atoms. The van der Waals surface area contributed by atoms with E-state index < -0.39 is 65.9 Å². The Morgan fingerprint density at radius 2 is 0.833 bits per heavy atom. The molecule has 0 rings (SSSR count). The largest absolute Gasteiger partial charge is 0.357 e. The van der Waals surface area contributed by atoms with Crippen LogP contribution in [0, 0.1) is 29.6 Å². The summed E-state index contributed by atoms with van der Waals surface area (Å²) in [4.78, 5) is 100.0. The molecule has 5 N–H and O–H groups in total. The van der Waals surface area contributed by atoms with Crippen LogP contribution in [0.4, 0.5) is 0 Å². The van der Waals surface area contributed by atoms with Crippen molar-refractivity contribution in [3.8, 4) is 0 Å². The Bertz CT molecular complexity index is 1290. The number of hydrogen-bond donors (Lipinski definition) is 4. The fraction of sp³-hybridized carbons (Fsp3) is 0.821. The lowest BCUT2D eigenvalue weighted by Gasteiger charge is -2.39. The summed E-state index contributed by atoms with van der Waals surface area (Å²) >= 11 is 0. The Morgan fingerprint density at radius 3 is 1.22 bits per heavy atom. The highest BCUT2D eigenvalue weighted by molar-refractivity contribution is 5.97. The molecule has 0 radical (unpaired) electrons. The van der Waals surface area contributed by atoms with Gasteiger partial charge in [0, 0.05) is 35.2 Å². The maximum atomic E-state index is 14.3. The number of nitrogens with two attached hydrogens (primary N) is 1. The van der Waals surface area contributed by atoms with E-state index in [4.69, 9.17) is 5.73 Å². The lowest BCUT2D eigenvalue weighted by Crippen LogP contribution is -2.60. The molecule has 15 nitrogen and oxygen atoms in total. The second-order valence-corrected chi connectivity index (χ2v) is 16.8. The van der Waals surface area contributed by atoms with Crippen LogP contribution in [-0.4, -0.2) is 138 Å². The van der Waals surface area contributed by atoms with Crippen LogP contribution in [0.5, 0.6) is 0 Å². The minimum Gasteiger partial charge on any atom is -0.357 e. The Hall–Kier alpha value is -3.75. The number of hydrogen-bond acceptors (Lipinski definition) is 8. The van der Waals surface area contributed by atoms with Gasteiger partial charge in [-0.15, -0.1) is 0 Å². The molecule has 0 aromatic rings. The van der Waals surface area contributed by atoms with Gasteiger partial charge in [-0.1, -0.05) is 69.2 Å². The smallest absolute Gasteiger partial charge is 0.245 e. The standard InChI is InChI=1S/C39H74N8O7/c1-21(2)18-28(44(14)39(54)31(40)24(7)8)34(49)42-26(11)33(48)43-27(12)36(51)45(15)29(19-22(3)4)37(52)46(16)30(20-23(5)6)38(53)47(17)32(25(9)10)35(50)41-13/h21-32H,18-20,40H2,1-17H3,(H,41,50)(H,42,49)(H,43,48)/t26-,27+,28-,29-,30-,31-,32-/m0/s1. The summed E-state index contributed by atoms with van der Waals surface area (Å²) in [7, 11) is 7.63. The number of rotatable bonds is 21. The number of carbonyl (C=O) groups is 7. The number of likely N-dealkylation sites (N-methyl/N-ethyl adjacent to an activating group) is 5. The minimum atomic E-state index is -1.08. The molecule has 0 spiro atoms. The van der Waals surface area contributed by atoms with E-state index >= 15 is 0 Å². The van der Waals surface area contributed by atoms with Gasteiger partial charge in [0.1, 0.15) is 36.3 Å². The first-order valence-corrected chi connectivity index (χ1v) is 19.4. The molecular weight excluding hydrogens is 692 g/mol. The number of nitrogens with zero attached hydrogens (tertiary/aromatic N) is 4. The van der Waals surface area contributed by atoms with E-state index in [9.17, 15) is 33.6 Å². The van der Waals surface area contributed by atoms with Crippen molar-refractivity contribution < 1.29 is 33.6 Å². The van der Waals surface area contributed by atoms with Crippen LogP contribution in [-0.2, 0) is 33.6 Å². The van der Waals surface area contributed by atoms with Gasteiger partial charge in [0.2, 0.25) is 41.4 Å². The molecule has 0 aliphatic carbocycles. The summed E-state index contributed by atoms with van der Waals surface area (Å²) in [6, 6.07) is -6.40. The van der Waals surface area contributed by atoms with Gasteiger partial charge < -0.3 is 41.3 Å². The van der Waals surface area contributed by atoms with E-state index in [-0.39, 0.29) is 53.7 Å². The van der Waals surface area contributed by atoms with Gasteiger partial charge in [0.15, 0.2) is 0 Å². The van der Waals surface area contributed by atoms with E-state index in [1.54, 1.807) is 14.1 Å². The van der Waals surface area contributed by atoms with Crippen LogP contribution >= 0.6 is 0 Å². The van der Waals surface area contributed by atoms with Crippen molar-refractivity contribution in [3.05, 3.63) is 0 Å². The van der Waals surface area contributed by atoms with Crippen molar-refractivity contribution in [2.75, 3.05) is 35.2 Å². The van der Waals surface area contributed by atoms with E-state index in [0.717, 1.165) is 0 Å². The lowest BCUT2D eigenvalue weighted by molar-refractivity contribution is -0.153. The van der Waals surface area contributed by atoms with Crippen LogP contribution < -0.4 is 21.7 Å². The molecule has 0 aliphatic rings. The van der Waals surface area contributed by atoms with Crippen molar-refractivity contribution in [2.24, 2.45) is 35.3 Å². The summed E-state index contributed by atoms with van der Waals surface area (Å²) in [5.41, 5.74) is 6.09. The van der Waals surface area contributed by atoms with Crippen molar-refractivity contribution in [2.45, 2.75) is 145 Å². The summed E-state index contributed by atoms with van der Waals surface area (Å²) < 4.78 is 0. The van der Waals surface area contributed by atoms with Crippen molar-refractivity contribution in [1.29, 1.82) is 0 Å².